The standard InChI is InChI=1S/C20H22O2/c21-16-7-9-19-14-12-18(13-15-19)8-3-2-6-17-22-20-10-4-1-5-11-20/h1,3-5,7-15,21H,2,6,16-17H2/b8-3?,9-7+. The molecule has 2 heteroatoms. The fourth-order valence-electron chi connectivity index (χ4n) is 2.03. The van der Waals surface area contributed by atoms with Gasteiger partial charge in [-0.2, -0.15) is 0 Å². The molecular formula is C20H22O2. The van der Waals surface area contributed by atoms with Crippen molar-refractivity contribution in [1.82, 2.24) is 0 Å². The van der Waals surface area contributed by atoms with E-state index in [1.807, 2.05) is 48.5 Å². The summed E-state index contributed by atoms with van der Waals surface area (Å²) in [6.45, 7) is 0.811. The number of benzene rings is 2. The van der Waals surface area contributed by atoms with Crippen LogP contribution >= 0.6 is 0 Å². The molecule has 114 valence electrons. The molecule has 0 spiro atoms. The van der Waals surface area contributed by atoms with Crippen LogP contribution in [-0.4, -0.2) is 18.3 Å². The predicted octanol–water partition coefficient (Wildman–Crippen LogP) is 4.56. The van der Waals surface area contributed by atoms with Crippen molar-refractivity contribution in [2.24, 2.45) is 0 Å². The van der Waals surface area contributed by atoms with Gasteiger partial charge in [-0.05, 0) is 36.1 Å². The summed E-state index contributed by atoms with van der Waals surface area (Å²) in [5.41, 5.74) is 2.28. The minimum Gasteiger partial charge on any atom is -0.494 e. The zero-order chi connectivity index (χ0) is 15.5. The fourth-order valence-corrected chi connectivity index (χ4v) is 2.03. The molecule has 0 fully saturated rings. The molecule has 0 aromatic heterocycles. The van der Waals surface area contributed by atoms with Gasteiger partial charge < -0.3 is 9.84 Å². The Kier molecular flexibility index (Phi) is 7.00. The van der Waals surface area contributed by atoms with E-state index in [0.717, 1.165) is 30.8 Å². The van der Waals surface area contributed by atoms with Gasteiger partial charge in [-0.3, -0.25) is 0 Å². The van der Waals surface area contributed by atoms with Crippen LogP contribution in [0.5, 0.6) is 5.75 Å². The number of ether oxygens (including phenoxy) is 1. The van der Waals surface area contributed by atoms with Crippen molar-refractivity contribution in [3.05, 3.63) is 77.9 Å². The molecule has 2 aromatic rings. The number of para-hydroxylation sites is 1. The molecule has 22 heavy (non-hydrogen) atoms. The molecule has 0 heterocycles. The second kappa shape index (κ2) is 9.59. The molecule has 0 atom stereocenters. The van der Waals surface area contributed by atoms with Gasteiger partial charge in [-0.15, -0.1) is 0 Å². The first kappa shape index (κ1) is 16.1. The van der Waals surface area contributed by atoms with Gasteiger partial charge in [0.1, 0.15) is 5.75 Å². The Morgan fingerprint density at radius 3 is 2.09 bits per heavy atom. The van der Waals surface area contributed by atoms with Crippen LogP contribution in [0.25, 0.3) is 12.2 Å². The molecule has 1 N–H and O–H groups in total. The lowest BCUT2D eigenvalue weighted by Crippen LogP contribution is -1.95. The molecule has 0 saturated carbocycles. The number of unbranched alkanes of at least 4 members (excludes halogenated alkanes) is 1. The van der Waals surface area contributed by atoms with Gasteiger partial charge >= 0.3 is 0 Å². The van der Waals surface area contributed by atoms with Crippen LogP contribution in [0, 0.1) is 0 Å². The second-order valence-corrected chi connectivity index (χ2v) is 4.96. The maximum atomic E-state index is 8.73. The summed E-state index contributed by atoms with van der Waals surface area (Å²) in [4.78, 5) is 0. The van der Waals surface area contributed by atoms with Crippen LogP contribution in [0.2, 0.25) is 0 Å². The first-order valence-corrected chi connectivity index (χ1v) is 7.60. The van der Waals surface area contributed by atoms with Gasteiger partial charge in [0.25, 0.3) is 0 Å². The van der Waals surface area contributed by atoms with Crippen molar-refractivity contribution in [3.63, 3.8) is 0 Å². The average Bonchev–Trinajstić information content (AvgIpc) is 2.58. The van der Waals surface area contributed by atoms with E-state index in [4.69, 9.17) is 9.84 Å². The summed E-state index contributed by atoms with van der Waals surface area (Å²) in [6.07, 6.45) is 9.95. The third-order valence-corrected chi connectivity index (χ3v) is 3.19. The monoisotopic (exact) mass is 294 g/mol. The molecule has 0 aliphatic carbocycles. The highest BCUT2D eigenvalue weighted by atomic mass is 16.5. The lowest BCUT2D eigenvalue weighted by atomic mass is 10.1. The molecule has 0 unspecified atom stereocenters. The average molecular weight is 294 g/mol. The van der Waals surface area contributed by atoms with E-state index in [-0.39, 0.29) is 6.61 Å². The minimum absolute atomic E-state index is 0.0761. The van der Waals surface area contributed by atoms with Crippen LogP contribution in [0.4, 0.5) is 0 Å². The van der Waals surface area contributed by atoms with Crippen molar-refractivity contribution >= 4 is 12.2 Å². The van der Waals surface area contributed by atoms with E-state index >= 15 is 0 Å². The normalized spacial score (nSPS) is 11.3. The quantitative estimate of drug-likeness (QED) is 0.723. The molecule has 2 aromatic carbocycles. The van der Waals surface area contributed by atoms with Gasteiger partial charge in [0.05, 0.1) is 13.2 Å². The molecular weight excluding hydrogens is 272 g/mol. The molecule has 2 rings (SSSR count). The number of hydrogen-bond donors (Lipinski definition) is 1. The number of allylic oxidation sites excluding steroid dienone is 1. The van der Waals surface area contributed by atoms with Crippen LogP contribution in [0.1, 0.15) is 24.0 Å². The fraction of sp³-hybridized carbons (Fsp3) is 0.200. The van der Waals surface area contributed by atoms with Crippen molar-refractivity contribution in [1.29, 1.82) is 0 Å². The van der Waals surface area contributed by atoms with Crippen LogP contribution in [0.3, 0.4) is 0 Å². The Morgan fingerprint density at radius 1 is 0.818 bits per heavy atom. The highest BCUT2D eigenvalue weighted by Crippen LogP contribution is 2.10. The summed E-state index contributed by atoms with van der Waals surface area (Å²) in [5, 5.41) is 8.73. The van der Waals surface area contributed by atoms with E-state index in [9.17, 15) is 0 Å². The Labute approximate surface area is 132 Å². The van der Waals surface area contributed by atoms with Gasteiger partial charge in [0, 0.05) is 0 Å². The third kappa shape index (κ3) is 5.98. The first-order valence-electron chi connectivity index (χ1n) is 7.60. The lowest BCUT2D eigenvalue weighted by Gasteiger charge is -2.03. The van der Waals surface area contributed by atoms with Crippen LogP contribution in [-0.2, 0) is 0 Å². The number of aliphatic hydroxyl groups excluding tert-OH is 1. The maximum Gasteiger partial charge on any atom is 0.119 e. The minimum atomic E-state index is 0.0761. The SMILES string of the molecule is OC/C=C/c1ccc(C=CCCCOc2ccccc2)cc1. The summed E-state index contributed by atoms with van der Waals surface area (Å²) >= 11 is 0. The highest BCUT2D eigenvalue weighted by Gasteiger charge is 1.91. The molecule has 0 aliphatic heterocycles. The van der Waals surface area contributed by atoms with Crippen molar-refractivity contribution in [2.45, 2.75) is 12.8 Å². The Bertz CT molecular complexity index is 583. The van der Waals surface area contributed by atoms with Crippen LogP contribution in [0.15, 0.2) is 66.7 Å². The molecule has 0 bridgehead atoms. The van der Waals surface area contributed by atoms with E-state index in [2.05, 4.69) is 24.3 Å². The van der Waals surface area contributed by atoms with E-state index in [1.54, 1.807) is 6.08 Å². The van der Waals surface area contributed by atoms with E-state index in [0.29, 0.717) is 0 Å². The van der Waals surface area contributed by atoms with Crippen molar-refractivity contribution in [2.75, 3.05) is 13.2 Å². The first-order chi connectivity index (χ1) is 10.9. The Morgan fingerprint density at radius 2 is 1.45 bits per heavy atom. The molecule has 0 saturated heterocycles. The Balaban J connectivity index is 1.68. The molecule has 2 nitrogen and oxygen atoms in total. The Hall–Kier alpha value is -2.32. The summed E-state index contributed by atoms with van der Waals surface area (Å²) < 4.78 is 5.65. The number of hydrogen-bond acceptors (Lipinski definition) is 2. The number of rotatable bonds is 8. The predicted molar refractivity (Wildman–Crippen MR) is 92.8 cm³/mol. The van der Waals surface area contributed by atoms with Crippen molar-refractivity contribution < 1.29 is 9.84 Å². The molecule has 0 aliphatic rings. The highest BCUT2D eigenvalue weighted by molar-refractivity contribution is 5.55. The summed E-state index contributed by atoms with van der Waals surface area (Å²) in [7, 11) is 0. The summed E-state index contributed by atoms with van der Waals surface area (Å²) in [5.74, 6) is 0.929. The van der Waals surface area contributed by atoms with Gasteiger partial charge in [0.2, 0.25) is 0 Å². The van der Waals surface area contributed by atoms with E-state index in [1.165, 1.54) is 5.56 Å². The second-order valence-electron chi connectivity index (χ2n) is 4.96. The van der Waals surface area contributed by atoms with Crippen LogP contribution < -0.4 is 4.74 Å². The number of aliphatic hydroxyl groups is 1. The van der Waals surface area contributed by atoms with Gasteiger partial charge in [-0.25, -0.2) is 0 Å². The smallest absolute Gasteiger partial charge is 0.119 e. The van der Waals surface area contributed by atoms with Gasteiger partial charge in [0.15, 0.2) is 0 Å². The summed E-state index contributed by atoms with van der Waals surface area (Å²) in [6, 6.07) is 18.1. The largest absolute Gasteiger partial charge is 0.494 e. The maximum absolute atomic E-state index is 8.73. The zero-order valence-electron chi connectivity index (χ0n) is 12.7. The molecule has 0 amide bonds. The third-order valence-electron chi connectivity index (χ3n) is 3.19. The topological polar surface area (TPSA) is 29.5 Å². The van der Waals surface area contributed by atoms with E-state index < -0.39 is 0 Å². The lowest BCUT2D eigenvalue weighted by molar-refractivity contribution is 0.312. The zero-order valence-corrected chi connectivity index (χ0v) is 12.7. The van der Waals surface area contributed by atoms with Gasteiger partial charge in [-0.1, -0.05) is 66.8 Å². The molecule has 0 radical (unpaired) electrons. The van der Waals surface area contributed by atoms with Crippen molar-refractivity contribution in [3.8, 4) is 5.75 Å².